The molecule has 2 heterocycles. The molecule has 0 amide bonds. The van der Waals surface area contributed by atoms with Crippen LogP contribution in [-0.2, 0) is 11.8 Å². The smallest absolute Gasteiger partial charge is 0.303 e. The molecule has 0 spiro atoms. The fourth-order valence-electron chi connectivity index (χ4n) is 3.05. The molecule has 1 aliphatic rings. The first-order chi connectivity index (χ1) is 13.3. The van der Waals surface area contributed by atoms with Crippen LogP contribution in [0.3, 0.4) is 0 Å². The van der Waals surface area contributed by atoms with Crippen LogP contribution in [0, 0.1) is 5.41 Å². The summed E-state index contributed by atoms with van der Waals surface area (Å²) in [6, 6.07) is 7.05. The Hall–Kier alpha value is -2.91. The zero-order chi connectivity index (χ0) is 20.4. The van der Waals surface area contributed by atoms with Gasteiger partial charge in [0.05, 0.1) is 0 Å². The van der Waals surface area contributed by atoms with Gasteiger partial charge >= 0.3 is 5.97 Å². The SMILES string of the molecule is Cn1c(-c2ccc(C(=N)N)cc2)nc2c1N=C(Cl)N(CCCCC(=O)O)C2O. The summed E-state index contributed by atoms with van der Waals surface area (Å²) in [5.41, 5.74) is 7.26. The van der Waals surface area contributed by atoms with Crippen molar-refractivity contribution < 1.29 is 15.0 Å². The number of aliphatic hydroxyl groups is 1. The van der Waals surface area contributed by atoms with Crippen molar-refractivity contribution in [1.29, 1.82) is 5.41 Å². The van der Waals surface area contributed by atoms with Crippen LogP contribution in [0.5, 0.6) is 0 Å². The van der Waals surface area contributed by atoms with Crippen LogP contribution in [0.15, 0.2) is 29.3 Å². The molecular formula is C18H21ClN6O3. The van der Waals surface area contributed by atoms with Crippen LogP contribution in [0.4, 0.5) is 5.82 Å². The summed E-state index contributed by atoms with van der Waals surface area (Å²) in [6.45, 7) is 0.370. The normalized spacial score (nSPS) is 15.9. The number of rotatable bonds is 7. The number of aliphatic imine (C=N–C) groups is 1. The predicted octanol–water partition coefficient (Wildman–Crippen LogP) is 2.16. The van der Waals surface area contributed by atoms with Gasteiger partial charge in [0.1, 0.15) is 17.4 Å². The van der Waals surface area contributed by atoms with Crippen LogP contribution in [-0.4, -0.2) is 48.3 Å². The number of benzene rings is 1. The molecule has 0 bridgehead atoms. The number of carboxylic acid groups (broad SMARTS) is 1. The van der Waals surface area contributed by atoms with Crippen molar-refractivity contribution >= 4 is 34.5 Å². The van der Waals surface area contributed by atoms with Crippen molar-refractivity contribution in [2.75, 3.05) is 6.54 Å². The van der Waals surface area contributed by atoms with E-state index in [4.69, 9.17) is 27.9 Å². The summed E-state index contributed by atoms with van der Waals surface area (Å²) in [6.07, 6.45) is 0.0251. The summed E-state index contributed by atoms with van der Waals surface area (Å²) in [7, 11) is 1.78. The number of nitrogens with zero attached hydrogens (tertiary/aromatic N) is 4. The van der Waals surface area contributed by atoms with E-state index < -0.39 is 12.2 Å². The summed E-state index contributed by atoms with van der Waals surface area (Å²) in [5.74, 6) is 0.187. The topological polar surface area (TPSA) is 141 Å². The quantitative estimate of drug-likeness (QED) is 0.241. The van der Waals surface area contributed by atoms with Crippen molar-refractivity contribution in [1.82, 2.24) is 14.5 Å². The van der Waals surface area contributed by atoms with Crippen molar-refractivity contribution in [3.05, 3.63) is 35.5 Å². The standard InChI is InChI=1S/C18H21ClN6O3/c1-24-15(11-7-5-10(6-8-11)14(20)21)22-13-16(24)23-18(19)25(17(13)28)9-3-2-4-12(26)27/h5-8,17,28H,2-4,9H2,1H3,(H3,20,21)(H,26,27). The van der Waals surface area contributed by atoms with E-state index in [1.165, 1.54) is 4.90 Å². The first kappa shape index (κ1) is 19.8. The molecule has 1 unspecified atom stereocenters. The van der Waals surface area contributed by atoms with Gasteiger partial charge in [-0.3, -0.25) is 10.2 Å². The van der Waals surface area contributed by atoms with Gasteiger partial charge in [-0.1, -0.05) is 24.3 Å². The highest BCUT2D eigenvalue weighted by Gasteiger charge is 2.32. The number of nitrogens with one attached hydrogen (secondary N) is 1. The van der Waals surface area contributed by atoms with E-state index in [1.54, 1.807) is 35.9 Å². The Balaban J connectivity index is 1.84. The minimum Gasteiger partial charge on any atom is -0.481 e. The highest BCUT2D eigenvalue weighted by atomic mass is 35.5. The molecular weight excluding hydrogens is 384 g/mol. The molecule has 1 aromatic heterocycles. The molecule has 0 aliphatic carbocycles. The number of amidine groups is 2. The fraction of sp³-hybridized carbons (Fsp3) is 0.333. The van der Waals surface area contributed by atoms with Gasteiger partial charge in [-0.25, -0.2) is 4.98 Å². The Kier molecular flexibility index (Phi) is 5.66. The molecule has 148 valence electrons. The van der Waals surface area contributed by atoms with E-state index in [0.29, 0.717) is 42.3 Å². The lowest BCUT2D eigenvalue weighted by Crippen LogP contribution is -2.35. The average molecular weight is 405 g/mol. The van der Waals surface area contributed by atoms with Crippen LogP contribution >= 0.6 is 11.6 Å². The second kappa shape index (κ2) is 7.99. The van der Waals surface area contributed by atoms with Crippen LogP contribution in [0.25, 0.3) is 11.4 Å². The summed E-state index contributed by atoms with van der Waals surface area (Å²) in [4.78, 5) is 21.0. The molecule has 5 N–H and O–H groups in total. The van der Waals surface area contributed by atoms with E-state index >= 15 is 0 Å². The van der Waals surface area contributed by atoms with Crippen molar-refractivity contribution in [3.63, 3.8) is 0 Å². The van der Waals surface area contributed by atoms with Gasteiger partial charge in [0.2, 0.25) is 5.29 Å². The third-order valence-corrected chi connectivity index (χ3v) is 4.86. The highest BCUT2D eigenvalue weighted by molar-refractivity contribution is 6.65. The van der Waals surface area contributed by atoms with Crippen molar-refractivity contribution in [3.8, 4) is 11.4 Å². The molecule has 0 saturated carbocycles. The molecule has 1 atom stereocenters. The van der Waals surface area contributed by atoms with E-state index in [0.717, 1.165) is 5.56 Å². The molecule has 10 heteroatoms. The number of nitrogen functional groups attached to an aromatic ring is 1. The number of aromatic nitrogens is 2. The molecule has 1 aromatic carbocycles. The Morgan fingerprint density at radius 1 is 1.32 bits per heavy atom. The Morgan fingerprint density at radius 2 is 2.00 bits per heavy atom. The molecule has 1 aliphatic heterocycles. The number of aliphatic carboxylic acids is 1. The number of carboxylic acids is 1. The Bertz CT molecular complexity index is 938. The lowest BCUT2D eigenvalue weighted by atomic mass is 10.1. The number of carbonyl (C=O) groups is 1. The number of hydrogen-bond acceptors (Lipinski definition) is 6. The van der Waals surface area contributed by atoms with Gasteiger partial charge in [0, 0.05) is 31.1 Å². The van der Waals surface area contributed by atoms with Crippen molar-refractivity contribution in [2.45, 2.75) is 25.5 Å². The van der Waals surface area contributed by atoms with Gasteiger partial charge in [-0.2, -0.15) is 4.99 Å². The fourth-order valence-corrected chi connectivity index (χ4v) is 3.30. The second-order valence-corrected chi connectivity index (χ2v) is 6.83. The first-order valence-electron chi connectivity index (χ1n) is 8.71. The van der Waals surface area contributed by atoms with Crippen LogP contribution in [0.1, 0.15) is 36.7 Å². The zero-order valence-corrected chi connectivity index (χ0v) is 16.0. The summed E-state index contributed by atoms with van der Waals surface area (Å²) in [5, 5.41) is 27.1. The van der Waals surface area contributed by atoms with Crippen LogP contribution in [0.2, 0.25) is 0 Å². The monoisotopic (exact) mass is 404 g/mol. The van der Waals surface area contributed by atoms with E-state index in [9.17, 15) is 9.90 Å². The molecule has 3 rings (SSSR count). The second-order valence-electron chi connectivity index (χ2n) is 6.49. The van der Waals surface area contributed by atoms with Crippen LogP contribution < -0.4 is 5.73 Å². The number of imidazole rings is 1. The maximum Gasteiger partial charge on any atom is 0.303 e. The lowest BCUT2D eigenvalue weighted by molar-refractivity contribution is -0.137. The Labute approximate surface area is 166 Å². The summed E-state index contributed by atoms with van der Waals surface area (Å²) >= 11 is 6.25. The minimum atomic E-state index is -1.07. The van der Waals surface area contributed by atoms with E-state index in [-0.39, 0.29) is 17.6 Å². The number of aliphatic hydroxyl groups excluding tert-OH is 1. The molecule has 9 nitrogen and oxygen atoms in total. The zero-order valence-electron chi connectivity index (χ0n) is 15.3. The number of hydrogen-bond donors (Lipinski definition) is 4. The molecule has 2 aromatic rings. The molecule has 0 fully saturated rings. The van der Waals surface area contributed by atoms with Gasteiger partial charge in [-0.15, -0.1) is 0 Å². The van der Waals surface area contributed by atoms with E-state index in [1.807, 2.05) is 0 Å². The molecule has 0 radical (unpaired) electrons. The number of fused-ring (bicyclic) bond motifs is 1. The lowest BCUT2D eigenvalue weighted by Gasteiger charge is -2.30. The number of nitrogens with two attached hydrogens (primary N) is 1. The van der Waals surface area contributed by atoms with E-state index in [2.05, 4.69) is 9.98 Å². The predicted molar refractivity (Wildman–Crippen MR) is 106 cm³/mol. The summed E-state index contributed by atoms with van der Waals surface area (Å²) < 4.78 is 1.74. The minimum absolute atomic E-state index is 0.0176. The largest absolute Gasteiger partial charge is 0.481 e. The molecule has 28 heavy (non-hydrogen) atoms. The number of unbranched alkanes of at least 4 members (excludes halogenated alkanes) is 1. The number of halogens is 1. The van der Waals surface area contributed by atoms with Gasteiger partial charge < -0.3 is 25.4 Å². The van der Waals surface area contributed by atoms with Crippen molar-refractivity contribution in [2.24, 2.45) is 17.8 Å². The maximum absolute atomic E-state index is 10.7. The maximum atomic E-state index is 10.7. The molecule has 0 saturated heterocycles. The third kappa shape index (κ3) is 3.85. The van der Waals surface area contributed by atoms with Gasteiger partial charge in [0.25, 0.3) is 0 Å². The highest BCUT2D eigenvalue weighted by Crippen LogP contribution is 2.37. The average Bonchev–Trinajstić information content (AvgIpc) is 2.97. The van der Waals surface area contributed by atoms with Gasteiger partial charge in [0.15, 0.2) is 12.0 Å². The van der Waals surface area contributed by atoms with Gasteiger partial charge in [-0.05, 0) is 24.4 Å². The first-order valence-corrected chi connectivity index (χ1v) is 9.09. The Morgan fingerprint density at radius 3 is 2.61 bits per heavy atom. The third-order valence-electron chi connectivity index (χ3n) is 4.56.